The third kappa shape index (κ3) is 2.61. The number of likely N-dealkylation sites (N-methyl/N-ethyl adjacent to an activating group) is 1. The molecule has 1 aliphatic heterocycles. The molecule has 0 fully saturated rings. The van der Waals surface area contributed by atoms with Crippen molar-refractivity contribution in [3.63, 3.8) is 0 Å². The van der Waals surface area contributed by atoms with Crippen LogP contribution in [0.1, 0.15) is 11.5 Å². The van der Waals surface area contributed by atoms with Gasteiger partial charge in [-0.1, -0.05) is 30.4 Å². The molecule has 2 rings (SSSR count). The van der Waals surface area contributed by atoms with Gasteiger partial charge < -0.3 is 10.6 Å². The van der Waals surface area contributed by atoms with E-state index in [2.05, 4.69) is 6.07 Å². The van der Waals surface area contributed by atoms with E-state index in [1.54, 1.807) is 23.7 Å². The second-order valence-corrected chi connectivity index (χ2v) is 5.65. The molecule has 0 aromatic heterocycles. The first-order valence-corrected chi connectivity index (χ1v) is 6.74. The molecule has 1 amide bonds. The molecule has 0 saturated heterocycles. The van der Waals surface area contributed by atoms with Crippen LogP contribution in [0, 0.1) is 0 Å². The monoisotopic (exact) mass is 266 g/mol. The normalized spacial score (nSPS) is 17.6. The third-order valence-electron chi connectivity index (χ3n) is 2.77. The Kier molecular flexibility index (Phi) is 3.69. The van der Waals surface area contributed by atoms with Crippen molar-refractivity contribution < 1.29 is 4.79 Å². The van der Waals surface area contributed by atoms with Gasteiger partial charge in [0.15, 0.2) is 0 Å². The molecule has 1 aromatic carbocycles. The maximum absolute atomic E-state index is 12.2. The summed E-state index contributed by atoms with van der Waals surface area (Å²) in [6, 6.07) is 8.04. The summed E-state index contributed by atoms with van der Waals surface area (Å²) in [6.45, 7) is 0.345. The number of fused-ring (bicyclic) bond motifs is 1. The summed E-state index contributed by atoms with van der Waals surface area (Å²) < 4.78 is 0. The molecule has 5 heteroatoms. The van der Waals surface area contributed by atoms with Crippen molar-refractivity contribution in [3.8, 4) is 0 Å². The highest BCUT2D eigenvalue weighted by atomic mass is 32.2. The van der Waals surface area contributed by atoms with E-state index in [0.717, 1.165) is 11.3 Å². The van der Waals surface area contributed by atoms with E-state index in [1.165, 1.54) is 4.90 Å². The average Bonchev–Trinajstić information content (AvgIpc) is 2.70. The molecule has 1 unspecified atom stereocenters. The number of rotatable bonds is 3. The van der Waals surface area contributed by atoms with Gasteiger partial charge in [-0.2, -0.15) is 0 Å². The molecule has 0 bridgehead atoms. The Balaban J connectivity index is 2.15. The smallest absolute Gasteiger partial charge is 0.231 e. The van der Waals surface area contributed by atoms with Crippen molar-refractivity contribution >= 4 is 34.9 Å². The van der Waals surface area contributed by atoms with Gasteiger partial charge in [0, 0.05) is 17.7 Å². The molecule has 17 heavy (non-hydrogen) atoms. The minimum atomic E-state index is -0.0597. The third-order valence-corrected chi connectivity index (χ3v) is 4.08. The van der Waals surface area contributed by atoms with E-state index in [4.69, 9.17) is 18.0 Å². The fraction of sp³-hybridized carbons (Fsp3) is 0.333. The highest BCUT2D eigenvalue weighted by Crippen LogP contribution is 2.39. The Morgan fingerprint density at radius 2 is 2.29 bits per heavy atom. The van der Waals surface area contributed by atoms with Crippen LogP contribution in [0.15, 0.2) is 29.2 Å². The second-order valence-electron chi connectivity index (χ2n) is 4.06. The van der Waals surface area contributed by atoms with Gasteiger partial charge in [0.1, 0.15) is 0 Å². The van der Waals surface area contributed by atoms with Crippen LogP contribution in [0.3, 0.4) is 0 Å². The van der Waals surface area contributed by atoms with Crippen LogP contribution in [0.25, 0.3) is 0 Å². The van der Waals surface area contributed by atoms with Crippen molar-refractivity contribution in [2.24, 2.45) is 5.73 Å². The van der Waals surface area contributed by atoms with E-state index in [0.29, 0.717) is 11.5 Å². The lowest BCUT2D eigenvalue weighted by atomic mass is 10.00. The summed E-state index contributed by atoms with van der Waals surface area (Å²) >= 11 is 6.55. The molecule has 1 aromatic rings. The Morgan fingerprint density at radius 3 is 3.00 bits per heavy atom. The van der Waals surface area contributed by atoms with E-state index in [9.17, 15) is 4.79 Å². The number of hydrogen-bond acceptors (Lipinski definition) is 3. The molecule has 1 heterocycles. The molecule has 1 atom stereocenters. The predicted molar refractivity (Wildman–Crippen MR) is 74.3 cm³/mol. The summed E-state index contributed by atoms with van der Waals surface area (Å²) in [4.78, 5) is 15.4. The maximum Gasteiger partial charge on any atom is 0.231 e. The summed E-state index contributed by atoms with van der Waals surface area (Å²) in [5.41, 5.74) is 6.58. The standard InChI is InChI=1S/C12H14N2OS2/c1-14(6-11(13)16)12(15)9-7-17-10-5-3-2-4-8(9)10/h2-5,9H,6-7H2,1H3,(H2,13,16). The summed E-state index contributed by atoms with van der Waals surface area (Å²) in [5, 5.41) is 0. The van der Waals surface area contributed by atoms with Crippen LogP contribution in [-0.4, -0.2) is 35.1 Å². The first-order chi connectivity index (χ1) is 8.09. The molecule has 0 spiro atoms. The van der Waals surface area contributed by atoms with E-state index < -0.39 is 0 Å². The van der Waals surface area contributed by atoms with Crippen LogP contribution in [-0.2, 0) is 4.79 Å². The van der Waals surface area contributed by atoms with Crippen LogP contribution in [0.2, 0.25) is 0 Å². The molecule has 0 radical (unpaired) electrons. The summed E-state index contributed by atoms with van der Waals surface area (Å²) in [6.07, 6.45) is 0. The highest BCUT2D eigenvalue weighted by molar-refractivity contribution is 7.99. The average molecular weight is 266 g/mol. The molecular formula is C12H14N2OS2. The molecular weight excluding hydrogens is 252 g/mol. The van der Waals surface area contributed by atoms with Gasteiger partial charge in [0.05, 0.1) is 17.5 Å². The number of carbonyl (C=O) groups is 1. The van der Waals surface area contributed by atoms with Crippen molar-refractivity contribution in [2.45, 2.75) is 10.8 Å². The molecule has 3 nitrogen and oxygen atoms in total. The van der Waals surface area contributed by atoms with Crippen LogP contribution in [0.4, 0.5) is 0 Å². The number of carbonyl (C=O) groups excluding carboxylic acids is 1. The van der Waals surface area contributed by atoms with Crippen LogP contribution < -0.4 is 5.73 Å². The molecule has 0 saturated carbocycles. The Bertz CT molecular complexity index is 462. The van der Waals surface area contributed by atoms with Crippen molar-refractivity contribution in [1.82, 2.24) is 4.90 Å². The summed E-state index contributed by atoms with van der Waals surface area (Å²) in [5.74, 6) is 0.839. The minimum Gasteiger partial charge on any atom is -0.392 e. The molecule has 0 aliphatic carbocycles. The lowest BCUT2D eigenvalue weighted by Gasteiger charge is -2.20. The number of nitrogens with two attached hydrogens (primary N) is 1. The number of hydrogen-bond donors (Lipinski definition) is 1. The number of nitrogens with zero attached hydrogens (tertiary/aromatic N) is 1. The predicted octanol–water partition coefficient (Wildman–Crippen LogP) is 1.62. The SMILES string of the molecule is CN(CC(N)=S)C(=O)C1CSc2ccccc21. The fourth-order valence-corrected chi connectivity index (χ4v) is 3.36. The van der Waals surface area contributed by atoms with Gasteiger partial charge in [0.2, 0.25) is 5.91 Å². The van der Waals surface area contributed by atoms with Gasteiger partial charge in [-0.3, -0.25) is 4.79 Å². The zero-order valence-corrected chi connectivity index (χ0v) is 11.2. The molecule has 1 aliphatic rings. The second kappa shape index (κ2) is 5.06. The van der Waals surface area contributed by atoms with Crippen molar-refractivity contribution in [1.29, 1.82) is 0 Å². The van der Waals surface area contributed by atoms with E-state index in [-0.39, 0.29) is 11.8 Å². The highest BCUT2D eigenvalue weighted by Gasteiger charge is 2.30. The minimum absolute atomic E-state index is 0.0597. The zero-order chi connectivity index (χ0) is 12.4. The van der Waals surface area contributed by atoms with Gasteiger partial charge >= 0.3 is 0 Å². The fourth-order valence-electron chi connectivity index (χ4n) is 1.94. The van der Waals surface area contributed by atoms with Crippen molar-refractivity contribution in [3.05, 3.63) is 29.8 Å². The first kappa shape index (κ1) is 12.4. The Morgan fingerprint density at radius 1 is 1.59 bits per heavy atom. The molecule has 2 N–H and O–H groups in total. The lowest BCUT2D eigenvalue weighted by Crippen LogP contribution is -2.37. The number of thioether (sulfide) groups is 1. The van der Waals surface area contributed by atoms with Gasteiger partial charge in [-0.15, -0.1) is 11.8 Å². The zero-order valence-electron chi connectivity index (χ0n) is 9.55. The molecule has 90 valence electrons. The topological polar surface area (TPSA) is 46.3 Å². The van der Waals surface area contributed by atoms with Gasteiger partial charge in [-0.25, -0.2) is 0 Å². The van der Waals surface area contributed by atoms with E-state index in [1.807, 2.05) is 18.2 Å². The number of benzene rings is 1. The van der Waals surface area contributed by atoms with Crippen molar-refractivity contribution in [2.75, 3.05) is 19.3 Å². The van der Waals surface area contributed by atoms with Crippen LogP contribution >= 0.6 is 24.0 Å². The maximum atomic E-state index is 12.2. The number of thiocarbonyl (C=S) groups is 1. The van der Waals surface area contributed by atoms with E-state index >= 15 is 0 Å². The quantitative estimate of drug-likeness (QED) is 0.845. The van der Waals surface area contributed by atoms with Crippen LogP contribution in [0.5, 0.6) is 0 Å². The summed E-state index contributed by atoms with van der Waals surface area (Å²) in [7, 11) is 1.74. The Hall–Kier alpha value is -1.07. The van der Waals surface area contributed by atoms with Gasteiger partial charge in [-0.05, 0) is 11.6 Å². The number of amides is 1. The first-order valence-electron chi connectivity index (χ1n) is 5.34. The van der Waals surface area contributed by atoms with Gasteiger partial charge in [0.25, 0.3) is 0 Å². The largest absolute Gasteiger partial charge is 0.392 e. The Labute approximate surface area is 110 Å². The lowest BCUT2D eigenvalue weighted by molar-refractivity contribution is -0.130.